The van der Waals surface area contributed by atoms with Crippen LogP contribution in [0.25, 0.3) is 0 Å². The molecule has 0 aliphatic heterocycles. The highest BCUT2D eigenvalue weighted by Crippen LogP contribution is 2.44. The first-order valence-corrected chi connectivity index (χ1v) is 7.51. The molecular formula is C16H19ClFNO. The summed E-state index contributed by atoms with van der Waals surface area (Å²) in [5.74, 6) is -0.508. The lowest BCUT2D eigenvalue weighted by molar-refractivity contribution is 0.0434. The molecule has 1 saturated carbocycles. The number of aliphatic hydroxyl groups excluding tert-OH is 1. The van der Waals surface area contributed by atoms with Crippen LogP contribution in [0.3, 0.4) is 0 Å². The Morgan fingerprint density at radius 3 is 2.35 bits per heavy atom. The van der Waals surface area contributed by atoms with E-state index in [1.807, 2.05) is 0 Å². The summed E-state index contributed by atoms with van der Waals surface area (Å²) in [6.45, 7) is 0. The van der Waals surface area contributed by atoms with Crippen molar-refractivity contribution in [2.45, 2.75) is 51.0 Å². The lowest BCUT2D eigenvalue weighted by Gasteiger charge is -2.33. The van der Waals surface area contributed by atoms with E-state index in [1.165, 1.54) is 24.6 Å². The molecule has 0 amide bonds. The largest absolute Gasteiger partial charge is 0.387 e. The Kier molecular flexibility index (Phi) is 5.01. The van der Waals surface area contributed by atoms with Gasteiger partial charge in [0.05, 0.1) is 22.6 Å². The number of nitriles is 1. The van der Waals surface area contributed by atoms with Crippen molar-refractivity contribution in [2.24, 2.45) is 5.41 Å². The van der Waals surface area contributed by atoms with Gasteiger partial charge in [0.15, 0.2) is 0 Å². The molecule has 1 aromatic carbocycles. The van der Waals surface area contributed by atoms with E-state index in [-0.39, 0.29) is 5.02 Å². The number of hydrogen-bond acceptors (Lipinski definition) is 2. The van der Waals surface area contributed by atoms with Gasteiger partial charge in [-0.1, -0.05) is 49.8 Å². The van der Waals surface area contributed by atoms with Crippen molar-refractivity contribution >= 4 is 11.6 Å². The Morgan fingerprint density at radius 1 is 1.20 bits per heavy atom. The molecular weight excluding hydrogens is 277 g/mol. The third-order valence-electron chi connectivity index (χ3n) is 4.25. The molecule has 2 nitrogen and oxygen atoms in total. The van der Waals surface area contributed by atoms with Gasteiger partial charge in [-0.2, -0.15) is 5.26 Å². The fourth-order valence-electron chi connectivity index (χ4n) is 2.98. The highest BCUT2D eigenvalue weighted by atomic mass is 35.5. The van der Waals surface area contributed by atoms with Gasteiger partial charge in [-0.05, 0) is 30.5 Å². The van der Waals surface area contributed by atoms with Crippen molar-refractivity contribution in [3.05, 3.63) is 34.6 Å². The lowest BCUT2D eigenvalue weighted by Crippen LogP contribution is -2.28. The average molecular weight is 296 g/mol. The molecule has 1 fully saturated rings. The summed E-state index contributed by atoms with van der Waals surface area (Å²) < 4.78 is 13.2. The van der Waals surface area contributed by atoms with Crippen LogP contribution in [-0.2, 0) is 0 Å². The number of nitrogens with zero attached hydrogens (tertiary/aromatic N) is 1. The molecule has 1 aliphatic carbocycles. The summed E-state index contributed by atoms with van der Waals surface area (Å²) in [5, 5.41) is 20.2. The van der Waals surface area contributed by atoms with Crippen molar-refractivity contribution in [1.82, 2.24) is 0 Å². The number of halogens is 2. The molecule has 1 aliphatic rings. The van der Waals surface area contributed by atoms with E-state index in [9.17, 15) is 14.8 Å². The fraction of sp³-hybridized carbons (Fsp3) is 0.562. The molecule has 108 valence electrons. The first kappa shape index (κ1) is 15.3. The van der Waals surface area contributed by atoms with Crippen LogP contribution in [-0.4, -0.2) is 5.11 Å². The minimum absolute atomic E-state index is 0.0134. The zero-order valence-corrected chi connectivity index (χ0v) is 12.2. The Hall–Kier alpha value is -1.11. The van der Waals surface area contributed by atoms with E-state index in [4.69, 9.17) is 11.6 Å². The van der Waals surface area contributed by atoms with Gasteiger partial charge in [0.1, 0.15) is 5.82 Å². The highest BCUT2D eigenvalue weighted by molar-refractivity contribution is 6.30. The van der Waals surface area contributed by atoms with E-state index in [0.29, 0.717) is 18.4 Å². The van der Waals surface area contributed by atoms with Crippen molar-refractivity contribution in [3.8, 4) is 6.07 Å². The summed E-state index contributed by atoms with van der Waals surface area (Å²) in [6, 6.07) is 6.52. The summed E-state index contributed by atoms with van der Waals surface area (Å²) in [7, 11) is 0. The van der Waals surface area contributed by atoms with Crippen LogP contribution in [0.1, 0.15) is 56.6 Å². The molecule has 0 bridgehead atoms. The standard InChI is InChI=1S/C16H19ClFNO/c17-13-10-12(6-7-14(13)18)15(20)16(11-19)8-4-2-1-3-5-9-16/h6-7,10,15,20H,1-5,8-9H2. The molecule has 0 radical (unpaired) electrons. The molecule has 1 atom stereocenters. The maximum absolute atomic E-state index is 13.2. The molecule has 0 aromatic heterocycles. The van der Waals surface area contributed by atoms with Gasteiger partial charge in [0.2, 0.25) is 0 Å². The molecule has 1 unspecified atom stereocenters. The third kappa shape index (κ3) is 3.13. The zero-order valence-electron chi connectivity index (χ0n) is 11.4. The molecule has 2 rings (SSSR count). The first-order chi connectivity index (χ1) is 9.59. The van der Waals surface area contributed by atoms with Gasteiger partial charge in [0.25, 0.3) is 0 Å². The molecule has 20 heavy (non-hydrogen) atoms. The van der Waals surface area contributed by atoms with E-state index < -0.39 is 17.3 Å². The number of rotatable bonds is 2. The van der Waals surface area contributed by atoms with Gasteiger partial charge < -0.3 is 5.11 Å². The SMILES string of the molecule is N#CC1(C(O)c2ccc(F)c(Cl)c2)CCCCCCC1. The van der Waals surface area contributed by atoms with Crippen LogP contribution in [0, 0.1) is 22.6 Å². The second-order valence-electron chi connectivity index (χ2n) is 5.61. The summed E-state index contributed by atoms with van der Waals surface area (Å²) >= 11 is 5.77. The number of benzene rings is 1. The molecule has 0 spiro atoms. The van der Waals surface area contributed by atoms with Crippen molar-refractivity contribution in [1.29, 1.82) is 5.26 Å². The van der Waals surface area contributed by atoms with Gasteiger partial charge in [0, 0.05) is 0 Å². The minimum atomic E-state index is -0.913. The molecule has 1 N–H and O–H groups in total. The van der Waals surface area contributed by atoms with E-state index >= 15 is 0 Å². The summed E-state index contributed by atoms with van der Waals surface area (Å²) in [4.78, 5) is 0. The van der Waals surface area contributed by atoms with Gasteiger partial charge in [-0.3, -0.25) is 0 Å². The van der Waals surface area contributed by atoms with Crippen molar-refractivity contribution < 1.29 is 9.50 Å². The van der Waals surface area contributed by atoms with Crippen LogP contribution in [0.5, 0.6) is 0 Å². The first-order valence-electron chi connectivity index (χ1n) is 7.13. The molecule has 0 saturated heterocycles. The normalized spacial score (nSPS) is 20.5. The highest BCUT2D eigenvalue weighted by Gasteiger charge is 2.39. The van der Waals surface area contributed by atoms with Crippen LogP contribution in [0.15, 0.2) is 18.2 Å². The van der Waals surface area contributed by atoms with Gasteiger partial charge in [-0.25, -0.2) is 4.39 Å². The number of aliphatic hydroxyl groups is 1. The van der Waals surface area contributed by atoms with Crippen LogP contribution in [0.2, 0.25) is 5.02 Å². The maximum Gasteiger partial charge on any atom is 0.141 e. The molecule has 0 heterocycles. The number of hydrogen-bond donors (Lipinski definition) is 1. The predicted molar refractivity (Wildman–Crippen MR) is 76.7 cm³/mol. The predicted octanol–water partition coefficient (Wildman–Crippen LogP) is 4.77. The van der Waals surface area contributed by atoms with Crippen molar-refractivity contribution in [2.75, 3.05) is 0 Å². The maximum atomic E-state index is 13.2. The van der Waals surface area contributed by atoms with Crippen LogP contribution >= 0.6 is 11.6 Å². The Labute approximate surface area is 124 Å². The van der Waals surface area contributed by atoms with Crippen LogP contribution < -0.4 is 0 Å². The van der Waals surface area contributed by atoms with Crippen LogP contribution in [0.4, 0.5) is 4.39 Å². The lowest BCUT2D eigenvalue weighted by atomic mass is 9.71. The monoisotopic (exact) mass is 295 g/mol. The van der Waals surface area contributed by atoms with Gasteiger partial charge >= 0.3 is 0 Å². The molecule has 1 aromatic rings. The minimum Gasteiger partial charge on any atom is -0.387 e. The summed E-state index contributed by atoms with van der Waals surface area (Å²) in [5.41, 5.74) is -0.250. The van der Waals surface area contributed by atoms with Crippen molar-refractivity contribution in [3.63, 3.8) is 0 Å². The average Bonchev–Trinajstić information content (AvgIpc) is 2.42. The zero-order chi connectivity index (χ0) is 14.6. The van der Waals surface area contributed by atoms with E-state index in [0.717, 1.165) is 25.7 Å². The molecule has 4 heteroatoms. The van der Waals surface area contributed by atoms with E-state index in [2.05, 4.69) is 6.07 Å². The Morgan fingerprint density at radius 2 is 1.80 bits per heavy atom. The smallest absolute Gasteiger partial charge is 0.141 e. The Balaban J connectivity index is 2.28. The second-order valence-corrected chi connectivity index (χ2v) is 6.02. The Bertz CT molecular complexity index is 504. The van der Waals surface area contributed by atoms with E-state index in [1.54, 1.807) is 0 Å². The third-order valence-corrected chi connectivity index (χ3v) is 4.54. The van der Waals surface area contributed by atoms with Gasteiger partial charge in [-0.15, -0.1) is 0 Å². The fourth-order valence-corrected chi connectivity index (χ4v) is 3.17. The second kappa shape index (κ2) is 6.56. The quantitative estimate of drug-likeness (QED) is 0.854. The topological polar surface area (TPSA) is 44.0 Å². The summed E-state index contributed by atoms with van der Waals surface area (Å²) in [6.07, 6.45) is 5.72.